The molecule has 0 fully saturated rings. The normalized spacial score (nSPS) is 13.7. The number of rotatable bonds is 3. The summed E-state index contributed by atoms with van der Waals surface area (Å²) in [6.07, 6.45) is 1.79. The molecule has 4 nitrogen and oxygen atoms in total. The van der Waals surface area contributed by atoms with E-state index < -0.39 is 0 Å². The number of hydrogen-bond donors (Lipinski definition) is 2. The Labute approximate surface area is 86.6 Å². The summed E-state index contributed by atoms with van der Waals surface area (Å²) in [5, 5.41) is 4.26. The van der Waals surface area contributed by atoms with Gasteiger partial charge in [0.1, 0.15) is 0 Å². The molecule has 1 rings (SSSR count). The molecule has 5 heteroatoms. The van der Waals surface area contributed by atoms with Crippen molar-refractivity contribution < 1.29 is 0 Å². The molecule has 3 N–H and O–H groups in total. The summed E-state index contributed by atoms with van der Waals surface area (Å²) in [5.74, 6) is 5.39. The molecule has 1 unspecified atom stereocenters. The van der Waals surface area contributed by atoms with E-state index in [1.165, 1.54) is 0 Å². The molecule has 0 spiro atoms. The fourth-order valence-electron chi connectivity index (χ4n) is 1.25. The highest BCUT2D eigenvalue weighted by molar-refractivity contribution is 9.10. The number of halogens is 1. The summed E-state index contributed by atoms with van der Waals surface area (Å²) in [6, 6.07) is 0.441. The highest BCUT2D eigenvalue weighted by Gasteiger charge is 2.16. The summed E-state index contributed by atoms with van der Waals surface area (Å²) in [5.41, 5.74) is 3.79. The van der Waals surface area contributed by atoms with Crippen LogP contribution in [0.2, 0.25) is 0 Å². The predicted octanol–water partition coefficient (Wildman–Crippen LogP) is 1.75. The smallest absolute Gasteiger partial charge is 0.0709 e. The maximum atomic E-state index is 5.39. The van der Waals surface area contributed by atoms with Gasteiger partial charge < -0.3 is 0 Å². The third kappa shape index (κ3) is 2.10. The average Bonchev–Trinajstić information content (AvgIpc) is 2.46. The van der Waals surface area contributed by atoms with Crippen molar-refractivity contribution in [3.63, 3.8) is 0 Å². The fraction of sp³-hybridized carbons (Fsp3) is 0.625. The van der Waals surface area contributed by atoms with Crippen LogP contribution in [0.5, 0.6) is 0 Å². The van der Waals surface area contributed by atoms with Crippen molar-refractivity contribution >= 4 is 15.9 Å². The number of hydrazine groups is 1. The second kappa shape index (κ2) is 4.21. The number of nitrogens with two attached hydrogens (primary N) is 1. The molecule has 1 heterocycles. The van der Waals surface area contributed by atoms with Gasteiger partial charge in [0.15, 0.2) is 0 Å². The molecule has 0 aromatic carbocycles. The molecule has 0 aliphatic carbocycles. The van der Waals surface area contributed by atoms with Crippen LogP contribution in [0.4, 0.5) is 0 Å². The lowest BCUT2D eigenvalue weighted by molar-refractivity contribution is 0.464. The lowest BCUT2D eigenvalue weighted by Gasteiger charge is -2.16. The van der Waals surface area contributed by atoms with Crippen molar-refractivity contribution in [3.05, 3.63) is 16.4 Å². The van der Waals surface area contributed by atoms with Crippen LogP contribution >= 0.6 is 15.9 Å². The predicted molar refractivity (Wildman–Crippen MR) is 56.1 cm³/mol. The summed E-state index contributed by atoms with van der Waals surface area (Å²) < 4.78 is 2.95. The molecule has 0 saturated heterocycles. The quantitative estimate of drug-likeness (QED) is 0.632. The molecule has 0 aliphatic rings. The molecule has 0 amide bonds. The molecule has 1 atom stereocenters. The first-order valence-electron chi connectivity index (χ1n) is 4.27. The zero-order valence-corrected chi connectivity index (χ0v) is 9.67. The van der Waals surface area contributed by atoms with Crippen LogP contribution < -0.4 is 11.3 Å². The van der Waals surface area contributed by atoms with Crippen LogP contribution in [-0.2, 0) is 0 Å². The second-order valence-electron chi connectivity index (χ2n) is 3.30. The minimum Gasteiger partial charge on any atom is -0.271 e. The van der Waals surface area contributed by atoms with Crippen LogP contribution in [0, 0.1) is 0 Å². The number of aromatic nitrogens is 2. The highest BCUT2D eigenvalue weighted by Crippen LogP contribution is 2.24. The summed E-state index contributed by atoms with van der Waals surface area (Å²) in [6.45, 7) is 6.18. The van der Waals surface area contributed by atoms with E-state index in [2.05, 4.69) is 40.3 Å². The Morgan fingerprint density at radius 2 is 2.15 bits per heavy atom. The van der Waals surface area contributed by atoms with Gasteiger partial charge in [-0.2, -0.15) is 5.10 Å². The molecule has 0 radical (unpaired) electrons. The van der Waals surface area contributed by atoms with E-state index in [0.717, 1.165) is 10.2 Å². The Hall–Kier alpha value is -0.390. The molecular formula is C8H15BrN4. The third-order valence-corrected chi connectivity index (χ3v) is 2.55. The minimum atomic E-state index is 0.0966. The van der Waals surface area contributed by atoms with Crippen LogP contribution in [0.25, 0.3) is 0 Å². The van der Waals surface area contributed by atoms with Crippen molar-refractivity contribution in [1.29, 1.82) is 0 Å². The Balaban J connectivity index is 3.08. The van der Waals surface area contributed by atoms with Gasteiger partial charge in [0, 0.05) is 6.04 Å². The van der Waals surface area contributed by atoms with Gasteiger partial charge in [-0.1, -0.05) is 0 Å². The first kappa shape index (κ1) is 10.7. The molecule has 13 heavy (non-hydrogen) atoms. The first-order valence-corrected chi connectivity index (χ1v) is 5.06. The summed E-state index contributed by atoms with van der Waals surface area (Å²) >= 11 is 3.45. The fourth-order valence-corrected chi connectivity index (χ4v) is 1.86. The van der Waals surface area contributed by atoms with Gasteiger partial charge in [0.05, 0.1) is 22.4 Å². The Morgan fingerprint density at radius 1 is 1.54 bits per heavy atom. The number of hydrogen-bond acceptors (Lipinski definition) is 3. The summed E-state index contributed by atoms with van der Waals surface area (Å²) in [7, 11) is 0. The van der Waals surface area contributed by atoms with Gasteiger partial charge in [-0.3, -0.25) is 16.0 Å². The van der Waals surface area contributed by atoms with E-state index >= 15 is 0 Å². The summed E-state index contributed by atoms with van der Waals surface area (Å²) in [4.78, 5) is 0. The average molecular weight is 247 g/mol. The van der Waals surface area contributed by atoms with E-state index in [1.54, 1.807) is 6.20 Å². The SMILES string of the molecule is CC(NN)c1c(Br)cnn1C(C)C. The van der Waals surface area contributed by atoms with Gasteiger partial charge in [-0.05, 0) is 36.7 Å². The van der Waals surface area contributed by atoms with E-state index in [0.29, 0.717) is 6.04 Å². The van der Waals surface area contributed by atoms with Gasteiger partial charge in [-0.25, -0.2) is 0 Å². The van der Waals surface area contributed by atoms with Crippen LogP contribution in [0.15, 0.2) is 10.7 Å². The maximum Gasteiger partial charge on any atom is 0.0709 e. The zero-order chi connectivity index (χ0) is 10.0. The number of nitrogens with zero attached hydrogens (tertiary/aromatic N) is 2. The lowest BCUT2D eigenvalue weighted by Crippen LogP contribution is -2.28. The Morgan fingerprint density at radius 3 is 2.62 bits per heavy atom. The van der Waals surface area contributed by atoms with Crippen molar-refractivity contribution in [3.8, 4) is 0 Å². The third-order valence-electron chi connectivity index (χ3n) is 1.94. The van der Waals surface area contributed by atoms with Crippen LogP contribution in [-0.4, -0.2) is 9.78 Å². The molecule has 1 aromatic heterocycles. The zero-order valence-electron chi connectivity index (χ0n) is 8.08. The second-order valence-corrected chi connectivity index (χ2v) is 4.16. The minimum absolute atomic E-state index is 0.0966. The lowest BCUT2D eigenvalue weighted by atomic mass is 10.2. The molecule has 0 bridgehead atoms. The Kier molecular flexibility index (Phi) is 3.47. The molecular weight excluding hydrogens is 232 g/mol. The van der Waals surface area contributed by atoms with Gasteiger partial charge in [0.2, 0.25) is 0 Å². The van der Waals surface area contributed by atoms with E-state index in [-0.39, 0.29) is 6.04 Å². The van der Waals surface area contributed by atoms with Gasteiger partial charge in [0.25, 0.3) is 0 Å². The van der Waals surface area contributed by atoms with Crippen molar-refractivity contribution in [2.24, 2.45) is 5.84 Å². The van der Waals surface area contributed by atoms with E-state index in [4.69, 9.17) is 5.84 Å². The highest BCUT2D eigenvalue weighted by atomic mass is 79.9. The van der Waals surface area contributed by atoms with E-state index in [9.17, 15) is 0 Å². The monoisotopic (exact) mass is 246 g/mol. The maximum absolute atomic E-state index is 5.39. The number of nitrogens with one attached hydrogen (secondary N) is 1. The topological polar surface area (TPSA) is 55.9 Å². The van der Waals surface area contributed by atoms with Gasteiger partial charge in [-0.15, -0.1) is 0 Å². The standard InChI is InChI=1S/C8H15BrN4/c1-5(2)13-8(6(3)12-10)7(9)4-11-13/h4-6,12H,10H2,1-3H3. The molecule has 1 aromatic rings. The molecule has 74 valence electrons. The first-order chi connectivity index (χ1) is 6.07. The molecule has 0 saturated carbocycles. The van der Waals surface area contributed by atoms with Crippen LogP contribution in [0.1, 0.15) is 38.5 Å². The van der Waals surface area contributed by atoms with Crippen molar-refractivity contribution in [2.75, 3.05) is 0 Å². The van der Waals surface area contributed by atoms with E-state index in [1.807, 2.05) is 11.6 Å². The largest absolute Gasteiger partial charge is 0.271 e. The van der Waals surface area contributed by atoms with Crippen molar-refractivity contribution in [1.82, 2.24) is 15.2 Å². The van der Waals surface area contributed by atoms with Crippen molar-refractivity contribution in [2.45, 2.75) is 32.9 Å². The van der Waals surface area contributed by atoms with Gasteiger partial charge >= 0.3 is 0 Å². The van der Waals surface area contributed by atoms with Crippen LogP contribution in [0.3, 0.4) is 0 Å². The molecule has 0 aliphatic heterocycles. The Bertz CT molecular complexity index is 282.